The van der Waals surface area contributed by atoms with Crippen LogP contribution in [0.15, 0.2) is 18.2 Å². The van der Waals surface area contributed by atoms with Crippen LogP contribution in [-0.4, -0.2) is 20.2 Å². The predicted octanol–water partition coefficient (Wildman–Crippen LogP) is 3.20. The van der Waals surface area contributed by atoms with E-state index in [9.17, 15) is 0 Å². The van der Waals surface area contributed by atoms with Gasteiger partial charge in [0.25, 0.3) is 0 Å². The van der Waals surface area contributed by atoms with Crippen molar-refractivity contribution >= 4 is 5.69 Å². The molecular weight excluding hydrogens is 262 g/mol. The Morgan fingerprint density at radius 2 is 2.05 bits per heavy atom. The van der Waals surface area contributed by atoms with E-state index >= 15 is 0 Å². The zero-order valence-electron chi connectivity index (χ0n) is 12.8. The normalized spacial score (nSPS) is 17.2. The first-order chi connectivity index (χ1) is 10.1. The number of nitrogens with zero attached hydrogens (tertiary/aromatic N) is 4. The molecule has 3 rings (SSSR count). The van der Waals surface area contributed by atoms with Gasteiger partial charge in [-0.05, 0) is 65.8 Å². The first kappa shape index (κ1) is 14.0. The maximum Gasteiger partial charge on any atom is 0.182 e. The van der Waals surface area contributed by atoms with Crippen LogP contribution in [0.3, 0.4) is 0 Å². The van der Waals surface area contributed by atoms with Crippen molar-refractivity contribution < 1.29 is 0 Å². The van der Waals surface area contributed by atoms with Crippen molar-refractivity contribution in [1.29, 1.82) is 0 Å². The molecule has 0 radical (unpaired) electrons. The van der Waals surface area contributed by atoms with Gasteiger partial charge in [0.05, 0.1) is 6.54 Å². The quantitative estimate of drug-likeness (QED) is 0.876. The van der Waals surface area contributed by atoms with Crippen molar-refractivity contribution in [2.75, 3.05) is 5.73 Å². The van der Waals surface area contributed by atoms with Crippen LogP contribution in [0, 0.1) is 12.3 Å². The third-order valence-corrected chi connectivity index (χ3v) is 4.92. The molecular formula is C16H23N5. The lowest BCUT2D eigenvalue weighted by Gasteiger charge is -2.27. The Bertz CT molecular complexity index is 625. The third-order valence-electron chi connectivity index (χ3n) is 4.92. The molecule has 1 fully saturated rings. The summed E-state index contributed by atoms with van der Waals surface area (Å²) in [5, 5.41) is 12.4. The van der Waals surface area contributed by atoms with Gasteiger partial charge < -0.3 is 5.73 Å². The van der Waals surface area contributed by atoms with Crippen LogP contribution in [0.4, 0.5) is 5.69 Å². The summed E-state index contributed by atoms with van der Waals surface area (Å²) in [7, 11) is 0. The summed E-state index contributed by atoms with van der Waals surface area (Å²) in [6, 6.07) is 5.89. The number of hydrogen-bond acceptors (Lipinski definition) is 4. The first-order valence-corrected chi connectivity index (χ1v) is 7.76. The average Bonchev–Trinajstić information content (AvgIpc) is 3.10. The van der Waals surface area contributed by atoms with E-state index in [4.69, 9.17) is 5.73 Å². The minimum Gasteiger partial charge on any atom is -0.399 e. The molecule has 0 aliphatic heterocycles. The van der Waals surface area contributed by atoms with Gasteiger partial charge in [-0.1, -0.05) is 19.8 Å². The second-order valence-corrected chi connectivity index (χ2v) is 6.30. The molecule has 0 atom stereocenters. The fourth-order valence-corrected chi connectivity index (χ4v) is 3.51. The lowest BCUT2D eigenvalue weighted by molar-refractivity contribution is 0.226. The molecule has 1 aromatic heterocycles. The van der Waals surface area contributed by atoms with Crippen molar-refractivity contribution in [2.45, 2.75) is 52.5 Å². The van der Waals surface area contributed by atoms with Crippen molar-refractivity contribution in [1.82, 2.24) is 20.2 Å². The maximum atomic E-state index is 5.84. The number of nitrogens with two attached hydrogens (primary N) is 1. The molecule has 1 aromatic carbocycles. The van der Waals surface area contributed by atoms with Crippen LogP contribution in [-0.2, 0) is 6.54 Å². The molecule has 0 bridgehead atoms. The summed E-state index contributed by atoms with van der Waals surface area (Å²) in [6.45, 7) is 5.25. The highest BCUT2D eigenvalue weighted by atomic mass is 15.5. The first-order valence-electron chi connectivity index (χ1n) is 7.76. The number of rotatable bonds is 4. The van der Waals surface area contributed by atoms with Crippen molar-refractivity contribution in [3.8, 4) is 11.4 Å². The third kappa shape index (κ3) is 2.64. The molecule has 2 N–H and O–H groups in total. The average molecular weight is 285 g/mol. The Balaban J connectivity index is 1.94. The molecule has 0 unspecified atom stereocenters. The largest absolute Gasteiger partial charge is 0.399 e. The highest BCUT2D eigenvalue weighted by Crippen LogP contribution is 2.42. The fourth-order valence-electron chi connectivity index (χ4n) is 3.51. The molecule has 1 heterocycles. The lowest BCUT2D eigenvalue weighted by Crippen LogP contribution is -2.24. The number of aryl methyl sites for hydroxylation is 1. The van der Waals surface area contributed by atoms with Crippen molar-refractivity contribution in [2.24, 2.45) is 5.41 Å². The van der Waals surface area contributed by atoms with Crippen LogP contribution in [0.5, 0.6) is 0 Å². The van der Waals surface area contributed by atoms with Gasteiger partial charge in [0.2, 0.25) is 0 Å². The van der Waals surface area contributed by atoms with E-state index in [0.29, 0.717) is 5.41 Å². The minimum atomic E-state index is 0.367. The lowest BCUT2D eigenvalue weighted by atomic mass is 9.83. The van der Waals surface area contributed by atoms with E-state index in [2.05, 4.69) is 29.4 Å². The van der Waals surface area contributed by atoms with Gasteiger partial charge in [0.15, 0.2) is 5.82 Å². The van der Waals surface area contributed by atoms with Gasteiger partial charge in [0.1, 0.15) is 0 Å². The predicted molar refractivity (Wildman–Crippen MR) is 83.6 cm³/mol. The summed E-state index contributed by atoms with van der Waals surface area (Å²) in [5.74, 6) is 0.854. The van der Waals surface area contributed by atoms with Crippen LogP contribution in [0.25, 0.3) is 11.4 Å². The van der Waals surface area contributed by atoms with Crippen molar-refractivity contribution in [3.63, 3.8) is 0 Å². The zero-order chi connectivity index (χ0) is 14.9. The standard InChI is InChI=1S/C16H23N5/c1-3-16(8-4-5-9-16)11-21-15(18-19-20-21)14-7-6-13(17)10-12(14)2/h6-7,10H,3-5,8-9,11,17H2,1-2H3. The number of benzene rings is 1. The summed E-state index contributed by atoms with van der Waals surface area (Å²) >= 11 is 0. The van der Waals surface area contributed by atoms with Gasteiger partial charge >= 0.3 is 0 Å². The monoisotopic (exact) mass is 285 g/mol. The van der Waals surface area contributed by atoms with Crippen molar-refractivity contribution in [3.05, 3.63) is 23.8 Å². The van der Waals surface area contributed by atoms with Crippen LogP contribution in [0.2, 0.25) is 0 Å². The molecule has 1 saturated carbocycles. The number of tetrazole rings is 1. The van der Waals surface area contributed by atoms with Crippen LogP contribution < -0.4 is 5.73 Å². The molecule has 2 aromatic rings. The van der Waals surface area contributed by atoms with Gasteiger partial charge in [-0.25, -0.2) is 4.68 Å². The molecule has 0 spiro atoms. The Hall–Kier alpha value is -1.91. The summed E-state index contributed by atoms with van der Waals surface area (Å²) in [5.41, 5.74) is 9.16. The SMILES string of the molecule is CCC1(Cn2nnnc2-c2ccc(N)cc2C)CCCC1. The Morgan fingerprint density at radius 1 is 1.29 bits per heavy atom. The second kappa shape index (κ2) is 5.47. The molecule has 112 valence electrons. The van der Waals surface area contributed by atoms with E-state index in [1.54, 1.807) is 0 Å². The Labute approximate surface area is 125 Å². The maximum absolute atomic E-state index is 5.84. The highest BCUT2D eigenvalue weighted by molar-refractivity contribution is 5.63. The molecule has 0 amide bonds. The number of anilines is 1. The van der Waals surface area contributed by atoms with Crippen LogP contribution in [0.1, 0.15) is 44.6 Å². The molecule has 21 heavy (non-hydrogen) atoms. The molecule has 5 nitrogen and oxygen atoms in total. The van der Waals surface area contributed by atoms with Gasteiger partial charge in [-0.3, -0.25) is 0 Å². The number of aromatic nitrogens is 4. The van der Waals surface area contributed by atoms with E-state index in [1.165, 1.54) is 32.1 Å². The van der Waals surface area contributed by atoms with E-state index in [1.807, 2.05) is 22.9 Å². The molecule has 0 saturated heterocycles. The summed E-state index contributed by atoms with van der Waals surface area (Å²) in [4.78, 5) is 0. The van der Waals surface area contributed by atoms with E-state index < -0.39 is 0 Å². The van der Waals surface area contributed by atoms with E-state index in [-0.39, 0.29) is 0 Å². The number of nitrogen functional groups attached to an aromatic ring is 1. The second-order valence-electron chi connectivity index (χ2n) is 6.30. The minimum absolute atomic E-state index is 0.367. The van der Waals surface area contributed by atoms with Gasteiger partial charge in [-0.2, -0.15) is 0 Å². The topological polar surface area (TPSA) is 69.6 Å². The highest BCUT2D eigenvalue weighted by Gasteiger charge is 2.33. The number of hydrogen-bond donors (Lipinski definition) is 1. The fraction of sp³-hybridized carbons (Fsp3) is 0.562. The summed E-state index contributed by atoms with van der Waals surface area (Å²) < 4.78 is 1.98. The molecule has 5 heteroatoms. The van der Waals surface area contributed by atoms with Gasteiger partial charge in [0, 0.05) is 11.3 Å². The smallest absolute Gasteiger partial charge is 0.182 e. The van der Waals surface area contributed by atoms with Gasteiger partial charge in [-0.15, -0.1) is 5.10 Å². The molecule has 1 aliphatic carbocycles. The zero-order valence-corrected chi connectivity index (χ0v) is 12.8. The summed E-state index contributed by atoms with van der Waals surface area (Å²) in [6.07, 6.45) is 6.40. The Kier molecular flexibility index (Phi) is 3.66. The Morgan fingerprint density at radius 3 is 2.71 bits per heavy atom. The molecule has 1 aliphatic rings. The van der Waals surface area contributed by atoms with Crippen LogP contribution >= 0.6 is 0 Å². The van der Waals surface area contributed by atoms with E-state index in [0.717, 1.165) is 29.2 Å².